The molecule has 0 saturated carbocycles. The first-order valence-corrected chi connectivity index (χ1v) is 6.57. The summed E-state index contributed by atoms with van der Waals surface area (Å²) in [6.45, 7) is 0. The van der Waals surface area contributed by atoms with E-state index in [1.165, 1.54) is 35.4 Å². The van der Waals surface area contributed by atoms with Crippen LogP contribution in [-0.2, 0) is 17.1 Å². The molecular weight excluding hydrogens is 361 g/mol. The standard InChI is InChI=1S/C14H9F7N2O2/c15-12(16,13(17,18)14(19,20)21)11-8(6-9(24)25)10(22-23-11)7-4-2-1-3-5-7/h1-5H,6H2,(H,22,23)(H,24,25). The molecule has 0 aliphatic carbocycles. The zero-order valence-electron chi connectivity index (χ0n) is 12.0. The Balaban J connectivity index is 2.66. The second kappa shape index (κ2) is 6.05. The Morgan fingerprint density at radius 1 is 1.04 bits per heavy atom. The fourth-order valence-corrected chi connectivity index (χ4v) is 2.12. The van der Waals surface area contributed by atoms with Crippen molar-refractivity contribution in [3.8, 4) is 11.3 Å². The Hall–Kier alpha value is -2.59. The van der Waals surface area contributed by atoms with Gasteiger partial charge in [0.2, 0.25) is 0 Å². The SMILES string of the molecule is O=C(O)Cc1c(-c2ccccc2)n[nH]c1C(F)(F)C(F)(F)C(F)(F)F. The maximum Gasteiger partial charge on any atom is 0.460 e. The number of rotatable bonds is 5. The van der Waals surface area contributed by atoms with Gasteiger partial charge in [-0.3, -0.25) is 9.89 Å². The van der Waals surface area contributed by atoms with Gasteiger partial charge in [0, 0.05) is 11.1 Å². The average molecular weight is 370 g/mol. The summed E-state index contributed by atoms with van der Waals surface area (Å²) in [6, 6.07) is 7.00. The van der Waals surface area contributed by atoms with Gasteiger partial charge in [-0.1, -0.05) is 30.3 Å². The van der Waals surface area contributed by atoms with E-state index in [4.69, 9.17) is 5.11 Å². The number of hydrogen-bond acceptors (Lipinski definition) is 2. The van der Waals surface area contributed by atoms with Crippen molar-refractivity contribution in [1.29, 1.82) is 0 Å². The third-order valence-corrected chi connectivity index (χ3v) is 3.31. The summed E-state index contributed by atoms with van der Waals surface area (Å²) in [7, 11) is 0. The van der Waals surface area contributed by atoms with Crippen molar-refractivity contribution >= 4 is 5.97 Å². The Morgan fingerprint density at radius 2 is 1.60 bits per heavy atom. The van der Waals surface area contributed by atoms with Crippen LogP contribution in [0.15, 0.2) is 30.3 Å². The van der Waals surface area contributed by atoms with Gasteiger partial charge in [-0.2, -0.15) is 35.8 Å². The number of carboxylic acid groups (broad SMARTS) is 1. The number of aromatic amines is 1. The first-order valence-electron chi connectivity index (χ1n) is 6.57. The van der Waals surface area contributed by atoms with Gasteiger partial charge in [-0.15, -0.1) is 0 Å². The van der Waals surface area contributed by atoms with Crippen LogP contribution in [0.5, 0.6) is 0 Å². The van der Waals surface area contributed by atoms with Gasteiger partial charge in [-0.05, 0) is 0 Å². The van der Waals surface area contributed by atoms with Crippen LogP contribution in [0.2, 0.25) is 0 Å². The molecule has 0 radical (unpaired) electrons. The van der Waals surface area contributed by atoms with E-state index < -0.39 is 47.4 Å². The number of benzene rings is 1. The summed E-state index contributed by atoms with van der Waals surface area (Å²) in [5.74, 6) is -13.9. The second-order valence-electron chi connectivity index (χ2n) is 5.01. The predicted octanol–water partition coefficient (Wildman–Crippen LogP) is 3.99. The molecule has 0 amide bonds. The fourth-order valence-electron chi connectivity index (χ4n) is 2.12. The van der Waals surface area contributed by atoms with Gasteiger partial charge in [0.05, 0.1) is 12.1 Å². The summed E-state index contributed by atoms with van der Waals surface area (Å²) >= 11 is 0. The lowest BCUT2D eigenvalue weighted by Gasteiger charge is -2.27. The first kappa shape index (κ1) is 18.7. The predicted molar refractivity (Wildman–Crippen MR) is 70.3 cm³/mol. The van der Waals surface area contributed by atoms with E-state index in [0.717, 1.165) is 0 Å². The third-order valence-electron chi connectivity index (χ3n) is 3.31. The Labute approximate surface area is 135 Å². The Morgan fingerprint density at radius 3 is 2.08 bits per heavy atom. The Kier molecular flexibility index (Phi) is 4.53. The maximum absolute atomic E-state index is 13.9. The summed E-state index contributed by atoms with van der Waals surface area (Å²) in [5.41, 5.74) is -3.22. The number of alkyl halides is 7. The van der Waals surface area contributed by atoms with Crippen molar-refractivity contribution in [2.24, 2.45) is 0 Å². The molecule has 1 aromatic heterocycles. The van der Waals surface area contributed by atoms with Gasteiger partial charge in [-0.25, -0.2) is 0 Å². The normalized spacial score (nSPS) is 13.1. The number of H-pyrrole nitrogens is 1. The number of carbonyl (C=O) groups is 1. The van der Waals surface area contributed by atoms with Crippen molar-refractivity contribution in [2.75, 3.05) is 0 Å². The number of carboxylic acids is 1. The second-order valence-corrected chi connectivity index (χ2v) is 5.01. The first-order chi connectivity index (χ1) is 11.4. The van der Waals surface area contributed by atoms with E-state index in [-0.39, 0.29) is 5.56 Å². The molecule has 2 N–H and O–H groups in total. The number of aromatic nitrogens is 2. The highest BCUT2D eigenvalue weighted by molar-refractivity contribution is 5.76. The topological polar surface area (TPSA) is 66.0 Å². The molecule has 1 aromatic carbocycles. The van der Waals surface area contributed by atoms with Gasteiger partial charge in [0.15, 0.2) is 0 Å². The third kappa shape index (κ3) is 3.17. The van der Waals surface area contributed by atoms with Crippen LogP contribution in [0.3, 0.4) is 0 Å². The number of nitrogens with zero attached hydrogens (tertiary/aromatic N) is 1. The maximum atomic E-state index is 13.9. The molecule has 0 fully saturated rings. The largest absolute Gasteiger partial charge is 0.481 e. The zero-order chi connectivity index (χ0) is 19.0. The molecule has 0 atom stereocenters. The van der Waals surface area contributed by atoms with Gasteiger partial charge < -0.3 is 5.11 Å². The van der Waals surface area contributed by atoms with Crippen LogP contribution in [0.25, 0.3) is 11.3 Å². The van der Waals surface area contributed by atoms with Gasteiger partial charge >= 0.3 is 24.0 Å². The zero-order valence-corrected chi connectivity index (χ0v) is 12.0. The van der Waals surface area contributed by atoms with E-state index in [9.17, 15) is 35.5 Å². The van der Waals surface area contributed by atoms with Crippen LogP contribution >= 0.6 is 0 Å². The molecule has 0 saturated heterocycles. The summed E-state index contributed by atoms with van der Waals surface area (Å²) in [5, 5.41) is 13.6. The quantitative estimate of drug-likeness (QED) is 0.782. The molecule has 11 heteroatoms. The highest BCUT2D eigenvalue weighted by Crippen LogP contribution is 2.52. The van der Waals surface area contributed by atoms with Crippen molar-refractivity contribution in [2.45, 2.75) is 24.4 Å². The lowest BCUT2D eigenvalue weighted by molar-refractivity contribution is -0.360. The number of nitrogens with one attached hydrogen (secondary N) is 1. The monoisotopic (exact) mass is 370 g/mol. The van der Waals surface area contributed by atoms with E-state index in [2.05, 4.69) is 5.10 Å². The highest BCUT2D eigenvalue weighted by atomic mass is 19.4. The summed E-state index contributed by atoms with van der Waals surface area (Å²) < 4.78 is 91.5. The molecule has 2 aromatic rings. The molecule has 0 aliphatic heterocycles. The fraction of sp³-hybridized carbons (Fsp3) is 0.286. The van der Waals surface area contributed by atoms with Crippen molar-refractivity contribution < 1.29 is 40.6 Å². The van der Waals surface area contributed by atoms with Crippen LogP contribution in [-0.4, -0.2) is 33.4 Å². The lowest BCUT2D eigenvalue weighted by atomic mass is 9.97. The molecule has 136 valence electrons. The van der Waals surface area contributed by atoms with Crippen LogP contribution in [0, 0.1) is 0 Å². The van der Waals surface area contributed by atoms with Crippen LogP contribution in [0.4, 0.5) is 30.7 Å². The van der Waals surface area contributed by atoms with Gasteiger partial charge in [0.1, 0.15) is 5.69 Å². The van der Waals surface area contributed by atoms with E-state index in [1.54, 1.807) is 0 Å². The van der Waals surface area contributed by atoms with Crippen molar-refractivity contribution in [1.82, 2.24) is 10.2 Å². The molecule has 0 bridgehead atoms. The van der Waals surface area contributed by atoms with E-state index >= 15 is 0 Å². The van der Waals surface area contributed by atoms with E-state index in [1.807, 2.05) is 0 Å². The van der Waals surface area contributed by atoms with Gasteiger partial charge in [0.25, 0.3) is 0 Å². The minimum absolute atomic E-state index is 0.0763. The summed E-state index contributed by atoms with van der Waals surface area (Å²) in [4.78, 5) is 10.9. The molecule has 4 nitrogen and oxygen atoms in total. The molecule has 1 heterocycles. The Bertz CT molecular complexity index is 769. The van der Waals surface area contributed by atoms with Crippen molar-refractivity contribution in [3.05, 3.63) is 41.6 Å². The molecule has 0 spiro atoms. The molecular formula is C14H9F7N2O2. The number of halogens is 7. The van der Waals surface area contributed by atoms with Crippen molar-refractivity contribution in [3.63, 3.8) is 0 Å². The van der Waals surface area contributed by atoms with Crippen LogP contribution < -0.4 is 0 Å². The van der Waals surface area contributed by atoms with Crippen LogP contribution in [0.1, 0.15) is 11.3 Å². The molecule has 25 heavy (non-hydrogen) atoms. The number of aliphatic carboxylic acids is 1. The average Bonchev–Trinajstić information content (AvgIpc) is 2.90. The smallest absolute Gasteiger partial charge is 0.460 e. The summed E-state index contributed by atoms with van der Waals surface area (Å²) in [6.07, 6.45) is -7.77. The molecule has 0 unspecified atom stereocenters. The molecule has 0 aliphatic rings. The minimum Gasteiger partial charge on any atom is -0.481 e. The lowest BCUT2D eigenvalue weighted by Crippen LogP contribution is -2.50. The molecule has 2 rings (SSSR count). The van der Waals surface area contributed by atoms with E-state index in [0.29, 0.717) is 0 Å². The highest BCUT2D eigenvalue weighted by Gasteiger charge is 2.74. The number of hydrogen-bond donors (Lipinski definition) is 2. The minimum atomic E-state index is -6.55.